The molecule has 5 rings (SSSR count). The van der Waals surface area contributed by atoms with Crippen LogP contribution in [0.5, 0.6) is 0 Å². The minimum Gasteiger partial charge on any atom is -0.465 e. The van der Waals surface area contributed by atoms with Gasteiger partial charge < -0.3 is 4.74 Å². The molecule has 0 amide bonds. The van der Waals surface area contributed by atoms with Gasteiger partial charge in [-0.25, -0.2) is 9.78 Å². The highest BCUT2D eigenvalue weighted by molar-refractivity contribution is 6.35. The van der Waals surface area contributed by atoms with E-state index in [1.54, 1.807) is 24.3 Å². The lowest BCUT2D eigenvalue weighted by molar-refractivity contribution is 0.0600. The molecule has 0 fully saturated rings. The molecule has 0 aliphatic carbocycles. The maximum absolute atomic E-state index is 14.2. The number of esters is 1. The van der Waals surface area contributed by atoms with Crippen molar-refractivity contribution in [3.63, 3.8) is 0 Å². The largest absolute Gasteiger partial charge is 0.465 e. The van der Waals surface area contributed by atoms with Gasteiger partial charge in [0, 0.05) is 16.5 Å². The molecule has 1 aromatic heterocycles. The fourth-order valence-corrected chi connectivity index (χ4v) is 4.25. The highest BCUT2D eigenvalue weighted by atomic mass is 16.5. The number of pyridine rings is 1. The van der Waals surface area contributed by atoms with E-state index in [9.17, 15) is 9.59 Å². The molecular formula is C32H23NO3. The van der Waals surface area contributed by atoms with E-state index in [0.29, 0.717) is 22.4 Å². The van der Waals surface area contributed by atoms with Gasteiger partial charge in [0.15, 0.2) is 5.78 Å². The third-order valence-corrected chi connectivity index (χ3v) is 6.02. The number of hydrogen-bond donors (Lipinski definition) is 0. The van der Waals surface area contributed by atoms with Crippen molar-refractivity contribution in [1.29, 1.82) is 0 Å². The summed E-state index contributed by atoms with van der Waals surface area (Å²) >= 11 is 0. The number of Topliss-reactive ketones (excluding diaryl/α,β-unsaturated/α-hetero) is 1. The summed E-state index contributed by atoms with van der Waals surface area (Å²) in [7, 11) is 1.33. The number of rotatable bonds is 6. The molecule has 4 heteroatoms. The zero-order chi connectivity index (χ0) is 24.9. The maximum atomic E-state index is 14.2. The molecule has 0 unspecified atom stereocenters. The van der Waals surface area contributed by atoms with Gasteiger partial charge in [-0.15, -0.1) is 0 Å². The normalized spacial score (nSPS) is 10.6. The average Bonchev–Trinajstić information content (AvgIpc) is 2.96. The Bertz CT molecular complexity index is 1530. The minimum absolute atomic E-state index is 0.183. The van der Waals surface area contributed by atoms with Gasteiger partial charge in [-0.3, -0.25) is 4.79 Å². The van der Waals surface area contributed by atoms with Crippen molar-refractivity contribution >= 4 is 33.8 Å². The molecule has 0 bridgehead atoms. The number of para-hydroxylation sites is 1. The van der Waals surface area contributed by atoms with Crippen LogP contribution in [0.25, 0.3) is 22.0 Å². The quantitative estimate of drug-likeness (QED) is 0.155. The van der Waals surface area contributed by atoms with E-state index in [1.807, 2.05) is 97.1 Å². The summed E-state index contributed by atoms with van der Waals surface area (Å²) in [5.41, 5.74) is 5.33. The van der Waals surface area contributed by atoms with Crippen LogP contribution >= 0.6 is 0 Å². The number of ketones is 1. The Labute approximate surface area is 209 Å². The summed E-state index contributed by atoms with van der Waals surface area (Å²) < 4.78 is 4.80. The second-order valence-electron chi connectivity index (χ2n) is 8.27. The highest BCUT2D eigenvalue weighted by Crippen LogP contribution is 2.34. The molecule has 0 aliphatic heterocycles. The summed E-state index contributed by atoms with van der Waals surface area (Å²) in [5.74, 6) is -0.632. The molecule has 0 saturated carbocycles. The second-order valence-corrected chi connectivity index (χ2v) is 8.27. The average molecular weight is 470 g/mol. The molecule has 0 spiro atoms. The van der Waals surface area contributed by atoms with E-state index in [0.717, 1.165) is 27.6 Å². The van der Waals surface area contributed by atoms with E-state index in [1.165, 1.54) is 7.11 Å². The number of fused-ring (bicyclic) bond motifs is 1. The third kappa shape index (κ3) is 4.57. The summed E-state index contributed by atoms with van der Waals surface area (Å²) in [5, 5.41) is 0.997. The Hall–Kier alpha value is -4.83. The number of allylic oxidation sites excluding steroid dienone is 1. The van der Waals surface area contributed by atoms with Crippen LogP contribution in [0.1, 0.15) is 37.5 Å². The van der Waals surface area contributed by atoms with Crippen LogP contribution in [0, 0.1) is 0 Å². The van der Waals surface area contributed by atoms with Crippen molar-refractivity contribution in [3.05, 3.63) is 149 Å². The summed E-state index contributed by atoms with van der Waals surface area (Å²) in [4.78, 5) is 31.0. The SMILES string of the molecule is COC(=O)c1ccc(C(=O)C(=C(c2ccccc2)c2ccccc2)c2ccc3ccccc3n2)cc1. The lowest BCUT2D eigenvalue weighted by atomic mass is 9.87. The van der Waals surface area contributed by atoms with E-state index in [4.69, 9.17) is 9.72 Å². The zero-order valence-corrected chi connectivity index (χ0v) is 19.7. The number of carbonyl (C=O) groups excluding carboxylic acids is 2. The van der Waals surface area contributed by atoms with Crippen LogP contribution in [-0.4, -0.2) is 23.8 Å². The number of benzene rings is 4. The van der Waals surface area contributed by atoms with E-state index >= 15 is 0 Å². The summed E-state index contributed by atoms with van der Waals surface area (Å²) in [6, 6.07) is 38.0. The molecule has 0 N–H and O–H groups in total. The van der Waals surface area contributed by atoms with Gasteiger partial charge in [0.1, 0.15) is 0 Å². The number of aromatic nitrogens is 1. The van der Waals surface area contributed by atoms with Crippen molar-refractivity contribution in [2.45, 2.75) is 0 Å². The molecule has 4 nitrogen and oxygen atoms in total. The first-order valence-electron chi connectivity index (χ1n) is 11.6. The van der Waals surface area contributed by atoms with E-state index in [-0.39, 0.29) is 5.78 Å². The number of nitrogens with zero attached hydrogens (tertiary/aromatic N) is 1. The van der Waals surface area contributed by atoms with Crippen LogP contribution in [0.2, 0.25) is 0 Å². The molecule has 5 aromatic rings. The summed E-state index contributed by atoms with van der Waals surface area (Å²) in [6.45, 7) is 0. The second kappa shape index (κ2) is 10.2. The molecule has 4 aromatic carbocycles. The van der Waals surface area contributed by atoms with Crippen molar-refractivity contribution in [1.82, 2.24) is 4.98 Å². The van der Waals surface area contributed by atoms with E-state index < -0.39 is 5.97 Å². The number of hydrogen-bond acceptors (Lipinski definition) is 4. The standard InChI is InChI=1S/C32H23NO3/c1-36-32(35)26-18-16-25(17-19-26)31(34)30(28-21-20-22-10-8-9-15-27(22)33-28)29(23-11-4-2-5-12-23)24-13-6-3-7-14-24/h2-21H,1H3. The van der Waals surface area contributed by atoms with Gasteiger partial charge in [0.25, 0.3) is 0 Å². The maximum Gasteiger partial charge on any atom is 0.337 e. The predicted octanol–water partition coefficient (Wildman–Crippen LogP) is 6.86. The van der Waals surface area contributed by atoms with Gasteiger partial charge in [-0.05, 0) is 35.4 Å². The predicted molar refractivity (Wildman–Crippen MR) is 143 cm³/mol. The molecule has 0 saturated heterocycles. The lowest BCUT2D eigenvalue weighted by Gasteiger charge is -2.17. The minimum atomic E-state index is -0.449. The zero-order valence-electron chi connectivity index (χ0n) is 19.7. The van der Waals surface area contributed by atoms with Crippen molar-refractivity contribution in [3.8, 4) is 0 Å². The first-order chi connectivity index (χ1) is 17.7. The van der Waals surface area contributed by atoms with Crippen molar-refractivity contribution < 1.29 is 14.3 Å². The molecule has 0 aliphatic rings. The molecule has 0 atom stereocenters. The fourth-order valence-electron chi connectivity index (χ4n) is 4.25. The molecule has 0 radical (unpaired) electrons. The third-order valence-electron chi connectivity index (χ3n) is 6.02. The fraction of sp³-hybridized carbons (Fsp3) is 0.0312. The Morgan fingerprint density at radius 2 is 1.14 bits per heavy atom. The van der Waals surface area contributed by atoms with Gasteiger partial charge in [-0.2, -0.15) is 0 Å². The Morgan fingerprint density at radius 3 is 1.75 bits per heavy atom. The van der Waals surface area contributed by atoms with Crippen LogP contribution in [0.3, 0.4) is 0 Å². The van der Waals surface area contributed by atoms with Crippen LogP contribution in [0.15, 0.2) is 121 Å². The molecule has 174 valence electrons. The van der Waals surface area contributed by atoms with Gasteiger partial charge in [0.2, 0.25) is 0 Å². The molecule has 1 heterocycles. The number of ether oxygens (including phenoxy) is 1. The Morgan fingerprint density at radius 1 is 0.583 bits per heavy atom. The van der Waals surface area contributed by atoms with Crippen LogP contribution < -0.4 is 0 Å². The smallest absolute Gasteiger partial charge is 0.337 e. The monoisotopic (exact) mass is 469 g/mol. The van der Waals surface area contributed by atoms with Gasteiger partial charge in [0.05, 0.1) is 29.5 Å². The first kappa shape index (κ1) is 22.9. The topological polar surface area (TPSA) is 56.3 Å². The van der Waals surface area contributed by atoms with Gasteiger partial charge in [-0.1, -0.05) is 97.1 Å². The van der Waals surface area contributed by atoms with Gasteiger partial charge >= 0.3 is 5.97 Å². The van der Waals surface area contributed by atoms with Crippen molar-refractivity contribution in [2.75, 3.05) is 7.11 Å². The van der Waals surface area contributed by atoms with Crippen LogP contribution in [-0.2, 0) is 4.74 Å². The van der Waals surface area contributed by atoms with Crippen LogP contribution in [0.4, 0.5) is 0 Å². The van der Waals surface area contributed by atoms with Crippen molar-refractivity contribution in [2.24, 2.45) is 0 Å². The number of carbonyl (C=O) groups is 2. The first-order valence-corrected chi connectivity index (χ1v) is 11.6. The molecule has 36 heavy (non-hydrogen) atoms. The number of methoxy groups -OCH3 is 1. The summed E-state index contributed by atoms with van der Waals surface area (Å²) in [6.07, 6.45) is 0. The highest BCUT2D eigenvalue weighted by Gasteiger charge is 2.23. The lowest BCUT2D eigenvalue weighted by Crippen LogP contribution is -2.09. The Balaban J connectivity index is 1.78. The van der Waals surface area contributed by atoms with E-state index in [2.05, 4.69) is 0 Å². The Kier molecular flexibility index (Phi) is 6.50. The molecular weight excluding hydrogens is 446 g/mol.